The fourth-order valence-electron chi connectivity index (χ4n) is 2.71. The van der Waals surface area contributed by atoms with Gasteiger partial charge in [-0.25, -0.2) is 4.39 Å². The van der Waals surface area contributed by atoms with Gasteiger partial charge >= 0.3 is 0 Å². The Balaban J connectivity index is 1.76. The zero-order valence-electron chi connectivity index (χ0n) is 14.6. The number of aliphatic hydroxyl groups is 1. The standard InChI is InChI=1S/C20H23FN4O/c21-18-10-8-16(9-11-18)15-25-23-19(14-22-12-4-5-13-26)20(24-25)17-6-2-1-3-7-17/h1-3,6-11,22,26H,4-5,12-15H2. The molecule has 3 rings (SSSR count). The summed E-state index contributed by atoms with van der Waals surface area (Å²) in [7, 11) is 0. The number of nitrogens with zero attached hydrogens (tertiary/aromatic N) is 3. The number of benzene rings is 2. The summed E-state index contributed by atoms with van der Waals surface area (Å²) in [5.41, 5.74) is 3.69. The van der Waals surface area contributed by atoms with Crippen LogP contribution >= 0.6 is 0 Å². The lowest BCUT2D eigenvalue weighted by Gasteiger charge is -2.03. The molecule has 0 radical (unpaired) electrons. The van der Waals surface area contributed by atoms with Crippen LogP contribution in [0.1, 0.15) is 24.1 Å². The topological polar surface area (TPSA) is 63.0 Å². The third kappa shape index (κ3) is 4.97. The first-order chi connectivity index (χ1) is 12.8. The van der Waals surface area contributed by atoms with Gasteiger partial charge in [-0.1, -0.05) is 42.5 Å². The van der Waals surface area contributed by atoms with Crippen LogP contribution in [0.3, 0.4) is 0 Å². The van der Waals surface area contributed by atoms with E-state index in [0.29, 0.717) is 13.1 Å². The Kier molecular flexibility index (Phi) is 6.46. The molecule has 1 heterocycles. The minimum absolute atomic E-state index is 0.213. The van der Waals surface area contributed by atoms with Gasteiger partial charge < -0.3 is 10.4 Å². The van der Waals surface area contributed by atoms with E-state index in [-0.39, 0.29) is 12.4 Å². The smallest absolute Gasteiger partial charge is 0.123 e. The summed E-state index contributed by atoms with van der Waals surface area (Å²) in [6.07, 6.45) is 1.71. The summed E-state index contributed by atoms with van der Waals surface area (Å²) in [5.74, 6) is -0.250. The Morgan fingerprint density at radius 2 is 1.73 bits per heavy atom. The van der Waals surface area contributed by atoms with Crippen LogP contribution in [0.15, 0.2) is 54.6 Å². The SMILES string of the molecule is OCCCCNCc1nn(Cc2ccc(F)cc2)nc1-c1ccccc1. The summed E-state index contributed by atoms with van der Waals surface area (Å²) in [6.45, 7) is 2.13. The van der Waals surface area contributed by atoms with Crippen LogP contribution in [0.5, 0.6) is 0 Å². The van der Waals surface area contributed by atoms with Gasteiger partial charge in [0.1, 0.15) is 17.2 Å². The zero-order chi connectivity index (χ0) is 18.2. The van der Waals surface area contributed by atoms with Gasteiger partial charge in [-0.2, -0.15) is 15.0 Å². The van der Waals surface area contributed by atoms with Crippen molar-refractivity contribution in [1.82, 2.24) is 20.3 Å². The molecule has 2 aromatic carbocycles. The molecule has 0 saturated carbocycles. The predicted molar refractivity (Wildman–Crippen MR) is 99.0 cm³/mol. The number of hydrogen-bond acceptors (Lipinski definition) is 4. The fourth-order valence-corrected chi connectivity index (χ4v) is 2.71. The molecular weight excluding hydrogens is 331 g/mol. The lowest BCUT2D eigenvalue weighted by Crippen LogP contribution is -2.16. The third-order valence-electron chi connectivity index (χ3n) is 4.06. The van der Waals surface area contributed by atoms with E-state index in [1.807, 2.05) is 30.3 Å². The Hall–Kier alpha value is -2.57. The van der Waals surface area contributed by atoms with E-state index in [1.165, 1.54) is 12.1 Å². The molecule has 1 aromatic heterocycles. The molecule has 0 unspecified atom stereocenters. The van der Waals surface area contributed by atoms with Crippen LogP contribution in [0.2, 0.25) is 0 Å². The number of aromatic nitrogens is 3. The summed E-state index contributed by atoms with van der Waals surface area (Å²) in [5, 5.41) is 21.5. The average Bonchev–Trinajstić information content (AvgIpc) is 3.07. The van der Waals surface area contributed by atoms with Crippen molar-refractivity contribution >= 4 is 0 Å². The highest BCUT2D eigenvalue weighted by Gasteiger charge is 2.13. The van der Waals surface area contributed by atoms with Crippen LogP contribution < -0.4 is 5.32 Å². The number of rotatable bonds is 9. The zero-order valence-corrected chi connectivity index (χ0v) is 14.6. The molecule has 26 heavy (non-hydrogen) atoms. The van der Waals surface area contributed by atoms with Gasteiger partial charge in [0.15, 0.2) is 0 Å². The minimum Gasteiger partial charge on any atom is -0.396 e. The van der Waals surface area contributed by atoms with Crippen molar-refractivity contribution in [1.29, 1.82) is 0 Å². The Morgan fingerprint density at radius 1 is 0.962 bits per heavy atom. The number of unbranched alkanes of at least 4 members (excludes halogenated alkanes) is 1. The van der Waals surface area contributed by atoms with Gasteiger partial charge in [0.05, 0.1) is 6.54 Å². The normalized spacial score (nSPS) is 11.0. The fraction of sp³-hybridized carbons (Fsp3) is 0.300. The van der Waals surface area contributed by atoms with Gasteiger partial charge in [0.2, 0.25) is 0 Å². The molecule has 0 aliphatic heterocycles. The number of halogens is 1. The third-order valence-corrected chi connectivity index (χ3v) is 4.06. The highest BCUT2D eigenvalue weighted by atomic mass is 19.1. The van der Waals surface area contributed by atoms with E-state index >= 15 is 0 Å². The van der Waals surface area contributed by atoms with Crippen molar-refractivity contribution in [2.45, 2.75) is 25.9 Å². The molecule has 0 amide bonds. The van der Waals surface area contributed by atoms with Crippen molar-refractivity contribution in [3.63, 3.8) is 0 Å². The minimum atomic E-state index is -0.250. The molecule has 2 N–H and O–H groups in total. The highest BCUT2D eigenvalue weighted by Crippen LogP contribution is 2.20. The lowest BCUT2D eigenvalue weighted by atomic mass is 10.1. The quantitative estimate of drug-likeness (QED) is 0.580. The molecule has 6 heteroatoms. The molecule has 0 aliphatic carbocycles. The van der Waals surface area contributed by atoms with E-state index < -0.39 is 0 Å². The summed E-state index contributed by atoms with van der Waals surface area (Å²) in [6, 6.07) is 16.3. The molecular formula is C20H23FN4O. The number of nitrogens with one attached hydrogen (secondary N) is 1. The van der Waals surface area contributed by atoms with Gasteiger partial charge in [-0.15, -0.1) is 0 Å². The van der Waals surface area contributed by atoms with Crippen LogP contribution in [0.4, 0.5) is 4.39 Å². The maximum Gasteiger partial charge on any atom is 0.123 e. The maximum absolute atomic E-state index is 13.1. The van der Waals surface area contributed by atoms with Gasteiger partial charge in [0, 0.05) is 18.7 Å². The van der Waals surface area contributed by atoms with Crippen LogP contribution in [0, 0.1) is 5.82 Å². The highest BCUT2D eigenvalue weighted by molar-refractivity contribution is 5.60. The molecule has 5 nitrogen and oxygen atoms in total. The van der Waals surface area contributed by atoms with Gasteiger partial charge in [-0.3, -0.25) is 0 Å². The molecule has 0 bridgehead atoms. The Bertz CT molecular complexity index is 802. The second-order valence-electron chi connectivity index (χ2n) is 6.13. The summed E-state index contributed by atoms with van der Waals surface area (Å²) in [4.78, 5) is 1.65. The van der Waals surface area contributed by atoms with Crippen molar-refractivity contribution in [2.75, 3.05) is 13.2 Å². The van der Waals surface area contributed by atoms with E-state index in [0.717, 1.165) is 41.9 Å². The maximum atomic E-state index is 13.1. The van der Waals surface area contributed by atoms with Crippen LogP contribution in [-0.4, -0.2) is 33.3 Å². The van der Waals surface area contributed by atoms with E-state index in [2.05, 4.69) is 15.5 Å². The summed E-state index contributed by atoms with van der Waals surface area (Å²) >= 11 is 0. The van der Waals surface area contributed by atoms with E-state index in [4.69, 9.17) is 5.11 Å². The van der Waals surface area contributed by atoms with Gasteiger partial charge in [-0.05, 0) is 37.1 Å². The number of hydrogen-bond donors (Lipinski definition) is 2. The Morgan fingerprint density at radius 3 is 2.46 bits per heavy atom. The monoisotopic (exact) mass is 354 g/mol. The van der Waals surface area contributed by atoms with Crippen molar-refractivity contribution in [3.05, 3.63) is 71.7 Å². The molecule has 0 spiro atoms. The average molecular weight is 354 g/mol. The second-order valence-corrected chi connectivity index (χ2v) is 6.13. The molecule has 0 atom stereocenters. The Labute approximate surface area is 152 Å². The van der Waals surface area contributed by atoms with Crippen molar-refractivity contribution < 1.29 is 9.50 Å². The van der Waals surface area contributed by atoms with Crippen molar-refractivity contribution in [3.8, 4) is 11.3 Å². The van der Waals surface area contributed by atoms with Gasteiger partial charge in [0.25, 0.3) is 0 Å². The summed E-state index contributed by atoms with van der Waals surface area (Å²) < 4.78 is 13.1. The first-order valence-corrected chi connectivity index (χ1v) is 8.81. The first kappa shape index (κ1) is 18.2. The van der Waals surface area contributed by atoms with Crippen molar-refractivity contribution in [2.24, 2.45) is 0 Å². The molecule has 0 saturated heterocycles. The molecule has 0 aliphatic rings. The van der Waals surface area contributed by atoms with Crippen LogP contribution in [-0.2, 0) is 13.1 Å². The number of aliphatic hydroxyl groups excluding tert-OH is 1. The first-order valence-electron chi connectivity index (χ1n) is 8.81. The molecule has 3 aromatic rings. The largest absolute Gasteiger partial charge is 0.396 e. The van der Waals surface area contributed by atoms with Crippen LogP contribution in [0.25, 0.3) is 11.3 Å². The molecule has 136 valence electrons. The lowest BCUT2D eigenvalue weighted by molar-refractivity contribution is 0.283. The second kappa shape index (κ2) is 9.22. The predicted octanol–water partition coefficient (Wildman–Crippen LogP) is 2.99. The molecule has 0 fully saturated rings. The van der Waals surface area contributed by atoms with E-state index in [1.54, 1.807) is 16.9 Å². The van der Waals surface area contributed by atoms with E-state index in [9.17, 15) is 4.39 Å².